The number of aliphatic hydroxyl groups is 1. The Morgan fingerprint density at radius 2 is 2.12 bits per heavy atom. The van der Waals surface area contributed by atoms with Crippen molar-refractivity contribution in [2.24, 2.45) is 0 Å². The molecular weight excluding hydrogens is 316 g/mol. The molecule has 9 nitrogen and oxygen atoms in total. The zero-order chi connectivity index (χ0) is 17.7. The Kier molecular flexibility index (Phi) is 5.27. The molecule has 0 saturated heterocycles. The van der Waals surface area contributed by atoms with Crippen molar-refractivity contribution in [1.82, 2.24) is 4.90 Å². The van der Waals surface area contributed by atoms with Crippen LogP contribution in [0.15, 0.2) is 42.6 Å². The predicted molar refractivity (Wildman–Crippen MR) is 87.3 cm³/mol. The molecule has 0 radical (unpaired) electrons. The highest BCUT2D eigenvalue weighted by molar-refractivity contribution is 6.17. The van der Waals surface area contributed by atoms with E-state index in [0.717, 1.165) is 11.0 Å². The monoisotopic (exact) mass is 332 g/mol. The Hall–Kier alpha value is -3.20. The van der Waals surface area contributed by atoms with E-state index >= 15 is 0 Å². The smallest absolute Gasteiger partial charge is 0.294 e. The van der Waals surface area contributed by atoms with Gasteiger partial charge in [-0.15, -0.1) is 6.58 Å². The molecule has 3 N–H and O–H groups in total. The van der Waals surface area contributed by atoms with Crippen molar-refractivity contribution in [3.05, 3.63) is 52.7 Å². The van der Waals surface area contributed by atoms with Gasteiger partial charge in [-0.2, -0.15) is 0 Å². The fraction of sp³-hybridized carbons (Fsp3) is 0.200. The molecule has 0 aromatic heterocycles. The van der Waals surface area contributed by atoms with Gasteiger partial charge in [0.15, 0.2) is 0 Å². The van der Waals surface area contributed by atoms with Crippen LogP contribution in [0.1, 0.15) is 0 Å². The molecule has 1 heterocycles. The minimum atomic E-state index is -0.592. The number of aliphatic hydroxyl groups excluding tert-OH is 1. The van der Waals surface area contributed by atoms with Gasteiger partial charge >= 0.3 is 0 Å². The molecule has 1 aromatic carbocycles. The number of anilines is 2. The quantitative estimate of drug-likeness (QED) is 0.279. The number of nitrogens with one attached hydrogen (secondary N) is 2. The summed E-state index contributed by atoms with van der Waals surface area (Å²) in [4.78, 5) is 35.2. The summed E-state index contributed by atoms with van der Waals surface area (Å²) in [5.41, 5.74) is 0.431. The number of hydrogen-bond acceptors (Lipinski definition) is 7. The molecule has 0 aliphatic carbocycles. The van der Waals surface area contributed by atoms with E-state index < -0.39 is 16.7 Å². The topological polar surface area (TPSA) is 125 Å². The molecule has 9 heteroatoms. The predicted octanol–water partition coefficient (Wildman–Crippen LogP) is 0.850. The first-order valence-corrected chi connectivity index (χ1v) is 7.06. The summed E-state index contributed by atoms with van der Waals surface area (Å²) >= 11 is 0. The first-order chi connectivity index (χ1) is 11.5. The van der Waals surface area contributed by atoms with Gasteiger partial charge in [0.05, 0.1) is 18.1 Å². The molecule has 2 rings (SSSR count). The number of amides is 2. The first-order valence-electron chi connectivity index (χ1n) is 7.06. The van der Waals surface area contributed by atoms with E-state index in [1.807, 2.05) is 0 Å². The van der Waals surface area contributed by atoms with Gasteiger partial charge in [-0.25, -0.2) is 0 Å². The molecule has 24 heavy (non-hydrogen) atoms. The Balaban J connectivity index is 2.21. The molecule has 0 saturated carbocycles. The van der Waals surface area contributed by atoms with E-state index in [0.29, 0.717) is 17.9 Å². The summed E-state index contributed by atoms with van der Waals surface area (Å²) in [7, 11) is 0. The fourth-order valence-electron chi connectivity index (χ4n) is 2.16. The van der Waals surface area contributed by atoms with Crippen molar-refractivity contribution in [1.29, 1.82) is 0 Å². The summed E-state index contributed by atoms with van der Waals surface area (Å²) in [6.07, 6.45) is 2.66. The third-order valence-corrected chi connectivity index (χ3v) is 3.24. The molecule has 0 atom stereocenters. The Morgan fingerprint density at radius 3 is 2.75 bits per heavy atom. The number of β-amino-alcohol motifs (C(OH)–C–C–N with tert-alkyl or cyclic N) is 1. The van der Waals surface area contributed by atoms with E-state index in [9.17, 15) is 19.7 Å². The second-order valence-electron chi connectivity index (χ2n) is 4.86. The van der Waals surface area contributed by atoms with Gasteiger partial charge in [0.1, 0.15) is 11.4 Å². The minimum absolute atomic E-state index is 0.00505. The number of carbonyl (C=O) groups is 2. The maximum Gasteiger partial charge on any atom is 0.294 e. The summed E-state index contributed by atoms with van der Waals surface area (Å²) in [6.45, 7) is 3.45. The zero-order valence-electron chi connectivity index (χ0n) is 12.7. The van der Waals surface area contributed by atoms with Gasteiger partial charge in [-0.1, -0.05) is 6.08 Å². The number of hydrogen-bond donors (Lipinski definition) is 3. The molecule has 0 unspecified atom stereocenters. The van der Waals surface area contributed by atoms with E-state index in [2.05, 4.69) is 17.2 Å². The lowest BCUT2D eigenvalue weighted by Crippen LogP contribution is -2.34. The molecule has 1 aromatic rings. The molecule has 126 valence electrons. The number of rotatable bonds is 8. The third-order valence-electron chi connectivity index (χ3n) is 3.24. The molecule has 1 aliphatic heterocycles. The van der Waals surface area contributed by atoms with Gasteiger partial charge in [-0.05, 0) is 12.1 Å². The summed E-state index contributed by atoms with van der Waals surface area (Å²) in [5.74, 6) is -1.14. The van der Waals surface area contributed by atoms with Crippen LogP contribution in [-0.4, -0.2) is 46.4 Å². The van der Waals surface area contributed by atoms with Crippen LogP contribution in [0.3, 0.4) is 0 Å². The summed E-state index contributed by atoms with van der Waals surface area (Å²) in [6, 6.07) is 4.31. The van der Waals surface area contributed by atoms with Crippen LogP contribution in [0.4, 0.5) is 17.1 Å². The minimum Gasteiger partial charge on any atom is -0.395 e. The van der Waals surface area contributed by atoms with Crippen LogP contribution in [-0.2, 0) is 9.59 Å². The number of benzene rings is 1. The van der Waals surface area contributed by atoms with Crippen LogP contribution in [0.5, 0.6) is 0 Å². The van der Waals surface area contributed by atoms with E-state index in [1.165, 1.54) is 12.1 Å². The largest absolute Gasteiger partial charge is 0.395 e. The maximum atomic E-state index is 12.0. The number of nitrogens with zero attached hydrogens (tertiary/aromatic N) is 2. The third kappa shape index (κ3) is 3.58. The van der Waals surface area contributed by atoms with Crippen LogP contribution in [0.2, 0.25) is 0 Å². The van der Waals surface area contributed by atoms with Gasteiger partial charge in [0.2, 0.25) is 0 Å². The van der Waals surface area contributed by atoms with Crippen molar-refractivity contribution in [2.75, 3.05) is 30.3 Å². The number of nitro benzene ring substituents is 1. The fourth-order valence-corrected chi connectivity index (χ4v) is 2.16. The van der Waals surface area contributed by atoms with Crippen LogP contribution < -0.4 is 10.6 Å². The van der Waals surface area contributed by atoms with Crippen LogP contribution in [0.25, 0.3) is 0 Å². The highest BCUT2D eigenvalue weighted by Crippen LogP contribution is 2.29. The Morgan fingerprint density at radius 1 is 1.38 bits per heavy atom. The van der Waals surface area contributed by atoms with Crippen molar-refractivity contribution in [2.45, 2.75) is 0 Å². The molecule has 0 spiro atoms. The van der Waals surface area contributed by atoms with Gasteiger partial charge in [0.25, 0.3) is 17.5 Å². The summed E-state index contributed by atoms with van der Waals surface area (Å²) < 4.78 is 0. The molecule has 0 bridgehead atoms. The lowest BCUT2D eigenvalue weighted by Gasteiger charge is -2.13. The average molecular weight is 332 g/mol. The number of carbonyl (C=O) groups excluding carboxylic acids is 2. The van der Waals surface area contributed by atoms with Crippen molar-refractivity contribution in [3.8, 4) is 0 Å². The standard InChI is InChI=1S/C15H16N4O5/c1-2-5-16-11-4-3-10(8-13(11)19(23)24)17-12-9-14(21)18(6-7-20)15(12)22/h2-4,8-9,16-17,20H,1,5-7H2. The Bertz CT molecular complexity index is 729. The molecule has 1 aliphatic rings. The molecule has 0 fully saturated rings. The summed E-state index contributed by atoms with van der Waals surface area (Å²) in [5, 5.41) is 25.6. The number of imide groups is 1. The molecule has 2 amide bonds. The second-order valence-corrected chi connectivity index (χ2v) is 4.86. The van der Waals surface area contributed by atoms with Crippen molar-refractivity contribution < 1.29 is 19.6 Å². The lowest BCUT2D eigenvalue weighted by molar-refractivity contribution is -0.383. The van der Waals surface area contributed by atoms with E-state index in [4.69, 9.17) is 5.11 Å². The van der Waals surface area contributed by atoms with E-state index in [-0.39, 0.29) is 24.5 Å². The zero-order valence-corrected chi connectivity index (χ0v) is 12.7. The second kappa shape index (κ2) is 7.38. The average Bonchev–Trinajstić information content (AvgIpc) is 2.81. The lowest BCUT2D eigenvalue weighted by atomic mass is 10.2. The van der Waals surface area contributed by atoms with Crippen molar-refractivity contribution >= 4 is 28.9 Å². The van der Waals surface area contributed by atoms with Gasteiger partial charge in [0, 0.05) is 24.4 Å². The van der Waals surface area contributed by atoms with Crippen LogP contribution >= 0.6 is 0 Å². The SMILES string of the molecule is C=CCNc1ccc(NC2=CC(=O)N(CCO)C2=O)cc1[N+](=O)[O-]. The highest BCUT2D eigenvalue weighted by Gasteiger charge is 2.30. The Labute approximate surface area is 137 Å². The van der Waals surface area contributed by atoms with Gasteiger partial charge in [-0.3, -0.25) is 24.6 Å². The van der Waals surface area contributed by atoms with E-state index in [1.54, 1.807) is 12.1 Å². The first kappa shape index (κ1) is 17.2. The van der Waals surface area contributed by atoms with Gasteiger partial charge < -0.3 is 15.7 Å². The normalized spacial score (nSPS) is 13.7. The van der Waals surface area contributed by atoms with Crippen LogP contribution in [0, 0.1) is 10.1 Å². The maximum absolute atomic E-state index is 12.0. The van der Waals surface area contributed by atoms with Crippen molar-refractivity contribution in [3.63, 3.8) is 0 Å². The highest BCUT2D eigenvalue weighted by atomic mass is 16.6. The molecular formula is C15H16N4O5. The number of nitro groups is 1.